The molecule has 0 saturated carbocycles. The van der Waals surface area contributed by atoms with Crippen molar-refractivity contribution in [3.63, 3.8) is 0 Å². The van der Waals surface area contributed by atoms with E-state index in [1.54, 1.807) is 0 Å². The summed E-state index contributed by atoms with van der Waals surface area (Å²) >= 11 is 1.86. The molecule has 2 fully saturated rings. The number of aryl methyl sites for hydroxylation is 2. The van der Waals surface area contributed by atoms with Crippen molar-refractivity contribution in [3.8, 4) is 5.69 Å². The summed E-state index contributed by atoms with van der Waals surface area (Å²) in [6, 6.07) is 8.35. The molecule has 2 aromatic rings. The number of nitrogens with one attached hydrogen (secondary N) is 1. The molecule has 0 radical (unpaired) electrons. The van der Waals surface area contributed by atoms with Gasteiger partial charge in [-0.25, -0.2) is 4.68 Å². The summed E-state index contributed by atoms with van der Waals surface area (Å²) in [5, 5.41) is 7.63. The number of carbonyl (C=O) groups excluding carboxylic acids is 1. The third-order valence-electron chi connectivity index (χ3n) is 4.62. The number of nitrogens with zero attached hydrogens (tertiary/aromatic N) is 3. The van der Waals surface area contributed by atoms with Gasteiger partial charge in [-0.3, -0.25) is 9.69 Å². The highest BCUT2D eigenvalue weighted by molar-refractivity contribution is 7.99. The van der Waals surface area contributed by atoms with Crippen LogP contribution >= 0.6 is 11.8 Å². The molecule has 1 aromatic heterocycles. The van der Waals surface area contributed by atoms with E-state index in [2.05, 4.69) is 40.4 Å². The standard InChI is InChI=1S/C17H20N4OS/c1-11-9-13(21-6-5-12(2)19-21)3-4-14(11)16-18-17(22)15-10-23-8-7-20(15)16/h3-6,9,15-16H,7-8,10H2,1-2H3,(H,18,22). The Kier molecular flexibility index (Phi) is 3.66. The number of benzene rings is 1. The quantitative estimate of drug-likeness (QED) is 0.916. The van der Waals surface area contributed by atoms with Gasteiger partial charge in [0.05, 0.1) is 11.4 Å². The minimum atomic E-state index is 0.00167. The van der Waals surface area contributed by atoms with Gasteiger partial charge in [-0.05, 0) is 43.2 Å². The van der Waals surface area contributed by atoms with Gasteiger partial charge < -0.3 is 5.32 Å². The topological polar surface area (TPSA) is 50.2 Å². The maximum absolute atomic E-state index is 12.2. The van der Waals surface area contributed by atoms with Crippen molar-refractivity contribution in [3.05, 3.63) is 47.3 Å². The van der Waals surface area contributed by atoms with E-state index in [9.17, 15) is 4.79 Å². The van der Waals surface area contributed by atoms with Gasteiger partial charge in [0.15, 0.2) is 0 Å². The van der Waals surface area contributed by atoms with Crippen LogP contribution in [0.3, 0.4) is 0 Å². The molecule has 1 N–H and O–H groups in total. The molecule has 2 saturated heterocycles. The van der Waals surface area contributed by atoms with Gasteiger partial charge in [0.1, 0.15) is 12.2 Å². The lowest BCUT2D eigenvalue weighted by atomic mass is 10.0. The number of hydrogen-bond acceptors (Lipinski definition) is 4. The van der Waals surface area contributed by atoms with Crippen molar-refractivity contribution >= 4 is 17.7 Å². The number of thioether (sulfide) groups is 1. The highest BCUT2D eigenvalue weighted by Crippen LogP contribution is 2.33. The predicted molar refractivity (Wildman–Crippen MR) is 91.7 cm³/mol. The monoisotopic (exact) mass is 328 g/mol. The Hall–Kier alpha value is -1.79. The summed E-state index contributed by atoms with van der Waals surface area (Å²) in [4.78, 5) is 14.5. The summed E-state index contributed by atoms with van der Waals surface area (Å²) in [5.41, 5.74) is 4.41. The highest BCUT2D eigenvalue weighted by atomic mass is 32.2. The molecule has 1 amide bonds. The van der Waals surface area contributed by atoms with Crippen molar-refractivity contribution in [2.24, 2.45) is 0 Å². The Morgan fingerprint density at radius 3 is 2.91 bits per heavy atom. The third kappa shape index (κ3) is 2.56. The Bertz CT molecular complexity index is 757. The smallest absolute Gasteiger partial charge is 0.239 e. The first-order chi connectivity index (χ1) is 11.1. The lowest BCUT2D eigenvalue weighted by molar-refractivity contribution is -0.121. The van der Waals surface area contributed by atoms with E-state index in [1.165, 1.54) is 11.1 Å². The Morgan fingerprint density at radius 2 is 2.17 bits per heavy atom. The van der Waals surface area contributed by atoms with Crippen LogP contribution in [-0.2, 0) is 4.79 Å². The Labute approximate surface area is 140 Å². The summed E-state index contributed by atoms with van der Waals surface area (Å²) in [7, 11) is 0. The molecule has 3 heterocycles. The molecule has 23 heavy (non-hydrogen) atoms. The zero-order chi connectivity index (χ0) is 16.0. The zero-order valence-corrected chi connectivity index (χ0v) is 14.1. The van der Waals surface area contributed by atoms with Gasteiger partial charge in [0.2, 0.25) is 5.91 Å². The number of aromatic nitrogens is 2. The minimum absolute atomic E-state index is 0.00167. The molecule has 0 spiro atoms. The fourth-order valence-corrected chi connectivity index (χ4v) is 4.46. The van der Waals surface area contributed by atoms with Crippen molar-refractivity contribution < 1.29 is 4.79 Å². The molecule has 2 aliphatic rings. The summed E-state index contributed by atoms with van der Waals surface area (Å²) in [6.45, 7) is 5.05. The van der Waals surface area contributed by atoms with Crippen LogP contribution in [0.15, 0.2) is 30.5 Å². The van der Waals surface area contributed by atoms with Crippen LogP contribution < -0.4 is 5.32 Å². The second-order valence-electron chi connectivity index (χ2n) is 6.18. The van der Waals surface area contributed by atoms with Crippen LogP contribution in [-0.4, -0.2) is 44.7 Å². The number of amides is 1. The third-order valence-corrected chi connectivity index (χ3v) is 5.64. The van der Waals surface area contributed by atoms with E-state index >= 15 is 0 Å². The van der Waals surface area contributed by atoms with Crippen molar-refractivity contribution in [1.82, 2.24) is 20.0 Å². The Morgan fingerprint density at radius 1 is 1.30 bits per heavy atom. The molecule has 2 aliphatic heterocycles. The maximum Gasteiger partial charge on any atom is 0.239 e. The molecular formula is C17H20N4OS. The largest absolute Gasteiger partial charge is 0.335 e. The van der Waals surface area contributed by atoms with Gasteiger partial charge in [-0.2, -0.15) is 16.9 Å². The van der Waals surface area contributed by atoms with E-state index in [4.69, 9.17) is 0 Å². The van der Waals surface area contributed by atoms with Gasteiger partial charge >= 0.3 is 0 Å². The first-order valence-corrected chi connectivity index (χ1v) is 9.06. The average Bonchev–Trinajstić information content (AvgIpc) is 3.12. The molecule has 4 rings (SSSR count). The van der Waals surface area contributed by atoms with Crippen LogP contribution in [0, 0.1) is 13.8 Å². The molecular weight excluding hydrogens is 308 g/mol. The zero-order valence-electron chi connectivity index (χ0n) is 13.3. The molecule has 0 bridgehead atoms. The predicted octanol–water partition coefficient (Wildman–Crippen LogP) is 2.03. The molecule has 0 aliphatic carbocycles. The van der Waals surface area contributed by atoms with Crippen LogP contribution in [0.4, 0.5) is 0 Å². The lowest BCUT2D eigenvalue weighted by Gasteiger charge is -2.31. The molecule has 120 valence electrons. The number of carbonyl (C=O) groups is 1. The average molecular weight is 328 g/mol. The van der Waals surface area contributed by atoms with E-state index in [0.29, 0.717) is 0 Å². The van der Waals surface area contributed by atoms with E-state index in [0.717, 1.165) is 29.4 Å². The molecule has 2 atom stereocenters. The number of rotatable bonds is 2. The summed E-state index contributed by atoms with van der Waals surface area (Å²) in [5.74, 6) is 2.14. The summed E-state index contributed by atoms with van der Waals surface area (Å²) < 4.78 is 1.89. The second-order valence-corrected chi connectivity index (χ2v) is 7.33. The number of fused-ring (bicyclic) bond motifs is 1. The first kappa shape index (κ1) is 14.8. The minimum Gasteiger partial charge on any atom is -0.335 e. The molecule has 1 aromatic carbocycles. The molecule has 6 heteroatoms. The van der Waals surface area contributed by atoms with Crippen LogP contribution in [0.5, 0.6) is 0 Å². The van der Waals surface area contributed by atoms with Crippen molar-refractivity contribution in [2.45, 2.75) is 26.1 Å². The van der Waals surface area contributed by atoms with Crippen molar-refractivity contribution in [2.75, 3.05) is 18.1 Å². The van der Waals surface area contributed by atoms with Gasteiger partial charge in [-0.15, -0.1) is 0 Å². The van der Waals surface area contributed by atoms with Gasteiger partial charge in [0, 0.05) is 24.2 Å². The SMILES string of the molecule is Cc1ccn(-c2ccc(C3NC(=O)C4CSCCN43)c(C)c2)n1. The summed E-state index contributed by atoms with van der Waals surface area (Å²) in [6.07, 6.45) is 1.97. The first-order valence-electron chi connectivity index (χ1n) is 7.90. The highest BCUT2D eigenvalue weighted by Gasteiger charge is 2.42. The van der Waals surface area contributed by atoms with Crippen molar-refractivity contribution in [1.29, 1.82) is 0 Å². The Balaban J connectivity index is 1.66. The van der Waals surface area contributed by atoms with Gasteiger partial charge in [-0.1, -0.05) is 6.07 Å². The fourth-order valence-electron chi connectivity index (χ4n) is 3.39. The van der Waals surface area contributed by atoms with E-state index in [-0.39, 0.29) is 18.1 Å². The van der Waals surface area contributed by atoms with E-state index < -0.39 is 0 Å². The maximum atomic E-state index is 12.2. The van der Waals surface area contributed by atoms with Crippen LogP contribution in [0.25, 0.3) is 5.69 Å². The van der Waals surface area contributed by atoms with Crippen LogP contribution in [0.1, 0.15) is 23.0 Å². The molecule has 2 unspecified atom stereocenters. The second kappa shape index (κ2) is 5.69. The fraction of sp³-hybridized carbons (Fsp3) is 0.412. The number of hydrogen-bond donors (Lipinski definition) is 1. The van der Waals surface area contributed by atoms with Crippen LogP contribution in [0.2, 0.25) is 0 Å². The van der Waals surface area contributed by atoms with Gasteiger partial charge in [0.25, 0.3) is 0 Å². The van der Waals surface area contributed by atoms with E-state index in [1.807, 2.05) is 35.6 Å². The molecule has 5 nitrogen and oxygen atoms in total. The normalized spacial score (nSPS) is 24.5. The lowest BCUT2D eigenvalue weighted by Crippen LogP contribution is -2.41.